The van der Waals surface area contributed by atoms with Crippen LogP contribution in [0.4, 0.5) is 0 Å². The van der Waals surface area contributed by atoms with Gasteiger partial charge in [0, 0.05) is 13.7 Å². The van der Waals surface area contributed by atoms with Crippen molar-refractivity contribution < 1.29 is 19.0 Å². The van der Waals surface area contributed by atoms with Crippen LogP contribution in [0.5, 0.6) is 0 Å². The highest BCUT2D eigenvalue weighted by Crippen LogP contribution is 2.47. The van der Waals surface area contributed by atoms with E-state index in [4.69, 9.17) is 14.2 Å². The SMILES string of the molecule is CCC1(CNC(=O)[C@@H](NC2OCO2)[C@@H](C)OC)CC1. The number of ether oxygens (including phenoxy) is 3. The molecule has 1 aliphatic carbocycles. The standard InChI is InChI=1S/C13H24N2O4/c1-4-13(5-6-13)7-14-11(16)10(9(2)17-3)15-12-18-8-19-12/h9-10,12,15H,4-8H2,1-3H3,(H,14,16)/t9-,10+/m1/s1. The first-order valence-corrected chi connectivity index (χ1v) is 6.90. The number of hydrogen-bond donors (Lipinski definition) is 2. The van der Waals surface area contributed by atoms with Gasteiger partial charge in [0.2, 0.25) is 12.3 Å². The van der Waals surface area contributed by atoms with Gasteiger partial charge in [0.1, 0.15) is 6.04 Å². The van der Waals surface area contributed by atoms with Crippen LogP contribution in [0.1, 0.15) is 33.1 Å². The van der Waals surface area contributed by atoms with Crippen LogP contribution in [0.25, 0.3) is 0 Å². The lowest BCUT2D eigenvalue weighted by atomic mass is 10.0. The molecule has 1 amide bonds. The van der Waals surface area contributed by atoms with Crippen molar-refractivity contribution in [2.24, 2.45) is 5.41 Å². The molecule has 1 aliphatic heterocycles. The molecule has 2 atom stereocenters. The van der Waals surface area contributed by atoms with Gasteiger partial charge in [-0.05, 0) is 31.6 Å². The zero-order valence-corrected chi connectivity index (χ0v) is 11.9. The maximum Gasteiger partial charge on any atom is 0.239 e. The normalized spacial score (nSPS) is 24.4. The second kappa shape index (κ2) is 6.17. The zero-order chi connectivity index (χ0) is 13.9. The number of nitrogens with one attached hydrogen (secondary N) is 2. The lowest BCUT2D eigenvalue weighted by Gasteiger charge is -2.33. The molecule has 110 valence electrons. The van der Waals surface area contributed by atoms with Crippen LogP contribution in [0, 0.1) is 5.41 Å². The molecule has 6 nitrogen and oxygen atoms in total. The van der Waals surface area contributed by atoms with Gasteiger partial charge in [0.05, 0.1) is 6.10 Å². The Morgan fingerprint density at radius 1 is 1.47 bits per heavy atom. The van der Waals surface area contributed by atoms with Gasteiger partial charge >= 0.3 is 0 Å². The summed E-state index contributed by atoms with van der Waals surface area (Å²) in [7, 11) is 1.59. The molecular formula is C13H24N2O4. The van der Waals surface area contributed by atoms with Crippen molar-refractivity contribution in [3.05, 3.63) is 0 Å². The molecule has 0 spiro atoms. The van der Waals surface area contributed by atoms with Gasteiger partial charge in [0.15, 0.2) is 6.79 Å². The number of amides is 1. The summed E-state index contributed by atoms with van der Waals surface area (Å²) in [5.41, 5.74) is 0.333. The summed E-state index contributed by atoms with van der Waals surface area (Å²) in [6.07, 6.45) is 2.77. The van der Waals surface area contributed by atoms with E-state index in [2.05, 4.69) is 17.6 Å². The van der Waals surface area contributed by atoms with Crippen LogP contribution < -0.4 is 10.6 Å². The molecule has 0 aromatic carbocycles. The van der Waals surface area contributed by atoms with Gasteiger partial charge in [0.25, 0.3) is 0 Å². The minimum Gasteiger partial charge on any atom is -0.380 e. The molecule has 0 bridgehead atoms. The van der Waals surface area contributed by atoms with Crippen LogP contribution in [0.3, 0.4) is 0 Å². The van der Waals surface area contributed by atoms with E-state index in [1.54, 1.807) is 7.11 Å². The van der Waals surface area contributed by atoms with Crippen molar-refractivity contribution in [3.8, 4) is 0 Å². The molecule has 0 unspecified atom stereocenters. The smallest absolute Gasteiger partial charge is 0.239 e. The first-order valence-electron chi connectivity index (χ1n) is 6.90. The Labute approximate surface area is 114 Å². The van der Waals surface area contributed by atoms with E-state index in [1.807, 2.05) is 6.92 Å². The Morgan fingerprint density at radius 2 is 2.16 bits per heavy atom. The van der Waals surface area contributed by atoms with Crippen LogP contribution in [-0.4, -0.2) is 44.9 Å². The third-order valence-electron chi connectivity index (χ3n) is 4.22. The third-order valence-corrected chi connectivity index (χ3v) is 4.22. The quantitative estimate of drug-likeness (QED) is 0.676. The maximum absolute atomic E-state index is 12.2. The van der Waals surface area contributed by atoms with E-state index in [1.165, 1.54) is 12.8 Å². The summed E-state index contributed by atoms with van der Waals surface area (Å²) in [4.78, 5) is 12.2. The van der Waals surface area contributed by atoms with Crippen molar-refractivity contribution in [3.63, 3.8) is 0 Å². The third kappa shape index (κ3) is 3.66. The fourth-order valence-electron chi connectivity index (χ4n) is 2.16. The molecule has 1 heterocycles. The van der Waals surface area contributed by atoms with E-state index in [0.29, 0.717) is 5.41 Å². The van der Waals surface area contributed by atoms with Crippen LogP contribution >= 0.6 is 0 Å². The highest BCUT2D eigenvalue weighted by Gasteiger charge is 2.41. The van der Waals surface area contributed by atoms with Crippen molar-refractivity contribution >= 4 is 5.91 Å². The molecule has 1 saturated heterocycles. The van der Waals surface area contributed by atoms with Gasteiger partial charge in [-0.2, -0.15) is 0 Å². The summed E-state index contributed by atoms with van der Waals surface area (Å²) in [5.74, 6) is -0.0619. The Kier molecular flexibility index (Phi) is 4.78. The zero-order valence-electron chi connectivity index (χ0n) is 11.9. The molecule has 0 aromatic rings. The average Bonchev–Trinajstić information content (AvgIpc) is 3.15. The minimum absolute atomic E-state index is 0.0619. The Bertz CT molecular complexity index is 316. The van der Waals surface area contributed by atoms with E-state index >= 15 is 0 Å². The number of rotatable bonds is 8. The number of methoxy groups -OCH3 is 1. The van der Waals surface area contributed by atoms with E-state index < -0.39 is 12.5 Å². The topological polar surface area (TPSA) is 68.8 Å². The van der Waals surface area contributed by atoms with Crippen LogP contribution in [-0.2, 0) is 19.0 Å². The highest BCUT2D eigenvalue weighted by atomic mass is 16.9. The van der Waals surface area contributed by atoms with E-state index in [9.17, 15) is 4.79 Å². The molecule has 0 radical (unpaired) electrons. The van der Waals surface area contributed by atoms with Crippen molar-refractivity contribution in [1.82, 2.24) is 10.6 Å². The second-order valence-electron chi connectivity index (χ2n) is 5.44. The highest BCUT2D eigenvalue weighted by molar-refractivity contribution is 5.82. The molecule has 0 aromatic heterocycles. The van der Waals surface area contributed by atoms with Gasteiger partial charge in [-0.3, -0.25) is 10.1 Å². The molecule has 1 saturated carbocycles. The number of hydrogen-bond acceptors (Lipinski definition) is 5. The fourth-order valence-corrected chi connectivity index (χ4v) is 2.16. The fraction of sp³-hybridized carbons (Fsp3) is 0.923. The Hall–Kier alpha value is -0.690. The molecule has 2 aliphatic rings. The van der Waals surface area contributed by atoms with Gasteiger partial charge in [-0.15, -0.1) is 0 Å². The summed E-state index contributed by atoms with van der Waals surface area (Å²) in [6, 6.07) is -0.469. The van der Waals surface area contributed by atoms with Gasteiger partial charge in [-0.1, -0.05) is 6.92 Å². The summed E-state index contributed by atoms with van der Waals surface area (Å²) in [6.45, 7) is 5.03. The number of carbonyl (C=O) groups excluding carboxylic acids is 1. The summed E-state index contributed by atoms with van der Waals surface area (Å²) < 4.78 is 15.5. The average molecular weight is 272 g/mol. The molecule has 2 fully saturated rings. The van der Waals surface area contributed by atoms with Crippen LogP contribution in [0.2, 0.25) is 0 Å². The molecule has 19 heavy (non-hydrogen) atoms. The minimum atomic E-state index is -0.505. The Balaban J connectivity index is 1.83. The molecular weight excluding hydrogens is 248 g/mol. The lowest BCUT2D eigenvalue weighted by molar-refractivity contribution is -0.336. The van der Waals surface area contributed by atoms with E-state index in [-0.39, 0.29) is 18.8 Å². The first kappa shape index (κ1) is 14.7. The predicted octanol–water partition coefficient (Wildman–Crippen LogP) is 0.574. The van der Waals surface area contributed by atoms with Crippen molar-refractivity contribution in [2.75, 3.05) is 20.4 Å². The predicted molar refractivity (Wildman–Crippen MR) is 69.2 cm³/mol. The number of carbonyl (C=O) groups is 1. The van der Waals surface area contributed by atoms with E-state index in [0.717, 1.165) is 13.0 Å². The first-order chi connectivity index (χ1) is 9.10. The van der Waals surface area contributed by atoms with Crippen molar-refractivity contribution in [1.29, 1.82) is 0 Å². The largest absolute Gasteiger partial charge is 0.380 e. The molecule has 2 N–H and O–H groups in total. The van der Waals surface area contributed by atoms with Crippen LogP contribution in [0.15, 0.2) is 0 Å². The van der Waals surface area contributed by atoms with Crippen molar-refractivity contribution in [2.45, 2.75) is 51.7 Å². The summed E-state index contributed by atoms with van der Waals surface area (Å²) in [5, 5.41) is 6.01. The molecule has 2 rings (SSSR count). The Morgan fingerprint density at radius 3 is 2.58 bits per heavy atom. The maximum atomic E-state index is 12.2. The monoisotopic (exact) mass is 272 g/mol. The lowest BCUT2D eigenvalue weighted by Crippen LogP contribution is -2.58. The van der Waals surface area contributed by atoms with Gasteiger partial charge < -0.3 is 19.5 Å². The van der Waals surface area contributed by atoms with Gasteiger partial charge in [-0.25, -0.2) is 0 Å². The second-order valence-corrected chi connectivity index (χ2v) is 5.44. The summed E-state index contributed by atoms with van der Waals surface area (Å²) >= 11 is 0. The molecule has 6 heteroatoms.